The fourth-order valence-corrected chi connectivity index (χ4v) is 7.08. The van der Waals surface area contributed by atoms with Gasteiger partial charge in [-0.05, 0) is 25.0 Å². The van der Waals surface area contributed by atoms with Crippen LogP contribution in [0.5, 0.6) is 0 Å². The van der Waals surface area contributed by atoms with E-state index in [1.54, 1.807) is 0 Å². The van der Waals surface area contributed by atoms with Crippen LogP contribution in [0.25, 0.3) is 0 Å². The molecule has 3 rings (SSSR count). The molecule has 2 atom stereocenters. The zero-order valence-corrected chi connectivity index (χ0v) is 17.4. The highest BCUT2D eigenvalue weighted by Gasteiger charge is 2.35. The van der Waals surface area contributed by atoms with Gasteiger partial charge in [0.2, 0.25) is 0 Å². The molecule has 0 radical (unpaired) electrons. The molecule has 2 unspecified atom stereocenters. The highest BCUT2D eigenvalue weighted by molar-refractivity contribution is 7.91. The minimum absolute atomic E-state index is 0.0464. The fourth-order valence-electron chi connectivity index (χ4n) is 3.53. The number of hydrogen-bond donors (Lipinski definition) is 0. The maximum atomic E-state index is 12.7. The molecule has 3 heterocycles. The van der Waals surface area contributed by atoms with Gasteiger partial charge in [0.15, 0.2) is 19.7 Å². The first kappa shape index (κ1) is 20.7. The molecular formula is C17H23N3O6S2. The summed E-state index contributed by atoms with van der Waals surface area (Å²) in [6.45, 7) is 0. The molecule has 154 valence electrons. The Hall–Kier alpha value is -2.01. The van der Waals surface area contributed by atoms with Gasteiger partial charge in [-0.25, -0.2) is 21.8 Å². The van der Waals surface area contributed by atoms with Crippen LogP contribution < -0.4 is 0 Å². The number of sulfone groups is 2. The predicted octanol–water partition coefficient (Wildman–Crippen LogP) is -0.400. The van der Waals surface area contributed by atoms with E-state index >= 15 is 0 Å². The van der Waals surface area contributed by atoms with Crippen LogP contribution in [-0.4, -0.2) is 92.6 Å². The standard InChI is InChI=1S/C17H23N3O6S2/c1-19(12-6-8-27(23,24)10-12)16(21)14-4-3-5-15(18-14)17(22)20(2)13-7-9-28(25,26)11-13/h3-5,12-13H,6-11H2,1-2H3. The van der Waals surface area contributed by atoms with E-state index in [0.29, 0.717) is 12.8 Å². The fraction of sp³-hybridized carbons (Fsp3) is 0.588. The van der Waals surface area contributed by atoms with E-state index in [0.717, 1.165) is 0 Å². The minimum atomic E-state index is -3.13. The molecule has 2 fully saturated rings. The summed E-state index contributed by atoms with van der Waals surface area (Å²) in [6, 6.07) is 3.65. The van der Waals surface area contributed by atoms with Crippen LogP contribution in [0.15, 0.2) is 18.2 Å². The second kappa shape index (κ2) is 7.43. The van der Waals surface area contributed by atoms with Crippen LogP contribution in [0.1, 0.15) is 33.8 Å². The van der Waals surface area contributed by atoms with Gasteiger partial charge in [-0.15, -0.1) is 0 Å². The zero-order valence-electron chi connectivity index (χ0n) is 15.7. The third-order valence-corrected chi connectivity index (χ3v) is 8.84. The van der Waals surface area contributed by atoms with Gasteiger partial charge >= 0.3 is 0 Å². The molecule has 1 aromatic heterocycles. The number of pyridine rings is 1. The molecule has 2 aliphatic heterocycles. The van der Waals surface area contributed by atoms with Crippen LogP contribution in [0.3, 0.4) is 0 Å². The lowest BCUT2D eigenvalue weighted by atomic mass is 10.2. The van der Waals surface area contributed by atoms with Crippen molar-refractivity contribution in [2.75, 3.05) is 37.1 Å². The summed E-state index contributed by atoms with van der Waals surface area (Å²) < 4.78 is 46.6. The third kappa shape index (κ3) is 4.35. The van der Waals surface area contributed by atoms with Crippen molar-refractivity contribution in [2.24, 2.45) is 0 Å². The number of nitrogens with zero attached hydrogens (tertiary/aromatic N) is 3. The van der Waals surface area contributed by atoms with E-state index < -0.39 is 43.6 Å². The second-order valence-electron chi connectivity index (χ2n) is 7.35. The first-order chi connectivity index (χ1) is 13.0. The summed E-state index contributed by atoms with van der Waals surface area (Å²) in [4.78, 5) is 32.2. The lowest BCUT2D eigenvalue weighted by molar-refractivity contribution is 0.0734. The normalized spacial score (nSPS) is 25.4. The summed E-state index contributed by atoms with van der Waals surface area (Å²) >= 11 is 0. The molecular weight excluding hydrogens is 406 g/mol. The van der Waals surface area contributed by atoms with Gasteiger partial charge in [-0.1, -0.05) is 6.07 Å². The molecule has 2 amide bonds. The van der Waals surface area contributed by atoms with Crippen molar-refractivity contribution >= 4 is 31.5 Å². The first-order valence-electron chi connectivity index (χ1n) is 8.91. The van der Waals surface area contributed by atoms with Crippen molar-refractivity contribution in [3.05, 3.63) is 29.6 Å². The second-order valence-corrected chi connectivity index (χ2v) is 11.8. The SMILES string of the molecule is CN(C(=O)c1cccc(C(=O)N(C)C2CCS(=O)(=O)C2)n1)C1CCS(=O)(=O)C1. The quantitative estimate of drug-likeness (QED) is 0.638. The molecule has 1 aromatic rings. The van der Waals surface area contributed by atoms with E-state index in [4.69, 9.17) is 0 Å². The Bertz CT molecular complexity index is 928. The Kier molecular flexibility index (Phi) is 5.50. The highest BCUT2D eigenvalue weighted by Crippen LogP contribution is 2.20. The van der Waals surface area contributed by atoms with E-state index in [1.165, 1.54) is 42.1 Å². The van der Waals surface area contributed by atoms with Gasteiger partial charge in [-0.2, -0.15) is 0 Å². The Balaban J connectivity index is 1.74. The molecule has 2 saturated heterocycles. The summed E-state index contributed by atoms with van der Waals surface area (Å²) in [7, 11) is -3.21. The van der Waals surface area contributed by atoms with Gasteiger partial charge in [0.05, 0.1) is 23.0 Å². The maximum absolute atomic E-state index is 12.7. The first-order valence-corrected chi connectivity index (χ1v) is 12.6. The van der Waals surface area contributed by atoms with Crippen LogP contribution in [-0.2, 0) is 19.7 Å². The molecule has 9 nitrogen and oxygen atoms in total. The van der Waals surface area contributed by atoms with Crippen LogP contribution in [0.4, 0.5) is 0 Å². The molecule has 28 heavy (non-hydrogen) atoms. The number of carbonyl (C=O) groups excluding carboxylic acids is 2. The Morgan fingerprint density at radius 3 is 1.57 bits per heavy atom. The van der Waals surface area contributed by atoms with Crippen molar-refractivity contribution in [2.45, 2.75) is 24.9 Å². The largest absolute Gasteiger partial charge is 0.336 e. The average molecular weight is 430 g/mol. The lowest BCUT2D eigenvalue weighted by Crippen LogP contribution is -2.39. The van der Waals surface area contributed by atoms with Gasteiger partial charge in [0.1, 0.15) is 11.4 Å². The molecule has 0 saturated carbocycles. The van der Waals surface area contributed by atoms with Crippen molar-refractivity contribution in [3.8, 4) is 0 Å². The summed E-state index contributed by atoms with van der Waals surface area (Å²) in [5.74, 6) is -0.961. The van der Waals surface area contributed by atoms with Gasteiger partial charge in [0.25, 0.3) is 11.8 Å². The molecule has 0 bridgehead atoms. The average Bonchev–Trinajstić information content (AvgIpc) is 3.20. The lowest BCUT2D eigenvalue weighted by Gasteiger charge is -2.24. The van der Waals surface area contributed by atoms with Crippen LogP contribution in [0, 0.1) is 0 Å². The molecule has 11 heteroatoms. The minimum Gasteiger partial charge on any atom is -0.336 e. The Labute approximate surface area is 164 Å². The molecule has 0 aromatic carbocycles. The summed E-state index contributed by atoms with van der Waals surface area (Å²) in [5, 5.41) is 0. The van der Waals surface area contributed by atoms with Crippen LogP contribution >= 0.6 is 0 Å². The van der Waals surface area contributed by atoms with E-state index in [-0.39, 0.29) is 34.4 Å². The van der Waals surface area contributed by atoms with E-state index in [1.807, 2.05) is 0 Å². The highest BCUT2D eigenvalue weighted by atomic mass is 32.2. The molecule has 0 aliphatic carbocycles. The molecule has 0 N–H and O–H groups in total. The smallest absolute Gasteiger partial charge is 0.272 e. The number of hydrogen-bond acceptors (Lipinski definition) is 7. The maximum Gasteiger partial charge on any atom is 0.272 e. The third-order valence-electron chi connectivity index (χ3n) is 5.34. The zero-order chi connectivity index (χ0) is 20.7. The molecule has 2 aliphatic rings. The Morgan fingerprint density at radius 2 is 1.25 bits per heavy atom. The van der Waals surface area contributed by atoms with E-state index in [2.05, 4.69) is 4.98 Å². The van der Waals surface area contributed by atoms with Crippen LogP contribution in [0.2, 0.25) is 0 Å². The predicted molar refractivity (Wildman–Crippen MR) is 103 cm³/mol. The summed E-state index contributed by atoms with van der Waals surface area (Å²) in [6.07, 6.45) is 0.754. The monoisotopic (exact) mass is 429 g/mol. The van der Waals surface area contributed by atoms with Crippen molar-refractivity contribution in [1.29, 1.82) is 0 Å². The summed E-state index contributed by atoms with van der Waals surface area (Å²) in [5.41, 5.74) is 0.0928. The number of aromatic nitrogens is 1. The Morgan fingerprint density at radius 1 is 0.857 bits per heavy atom. The number of amides is 2. The van der Waals surface area contributed by atoms with Gasteiger partial charge < -0.3 is 9.80 Å². The number of rotatable bonds is 4. The van der Waals surface area contributed by atoms with Crippen molar-refractivity contribution < 1.29 is 26.4 Å². The van der Waals surface area contributed by atoms with Crippen molar-refractivity contribution in [1.82, 2.24) is 14.8 Å². The van der Waals surface area contributed by atoms with Gasteiger partial charge in [-0.3, -0.25) is 9.59 Å². The van der Waals surface area contributed by atoms with Gasteiger partial charge in [0, 0.05) is 26.2 Å². The van der Waals surface area contributed by atoms with E-state index in [9.17, 15) is 26.4 Å². The molecule has 0 spiro atoms. The van der Waals surface area contributed by atoms with Crippen molar-refractivity contribution in [3.63, 3.8) is 0 Å². The topological polar surface area (TPSA) is 122 Å². The number of carbonyl (C=O) groups is 2.